The van der Waals surface area contributed by atoms with Crippen LogP contribution in [0.5, 0.6) is 0 Å². The van der Waals surface area contributed by atoms with Crippen molar-refractivity contribution in [3.8, 4) is 0 Å². The average Bonchev–Trinajstić information content (AvgIpc) is 2.64. The number of fused-ring (bicyclic) bond motifs is 1. The van der Waals surface area contributed by atoms with Gasteiger partial charge in [-0.15, -0.1) is 0 Å². The molecule has 0 aliphatic rings. The fraction of sp³-hybridized carbons (Fsp3) is 0.357. The van der Waals surface area contributed by atoms with Gasteiger partial charge in [-0.3, -0.25) is 4.79 Å². The summed E-state index contributed by atoms with van der Waals surface area (Å²) in [7, 11) is 0. The lowest BCUT2D eigenvalue weighted by Gasteiger charge is -2.12. The van der Waals surface area contributed by atoms with E-state index in [2.05, 4.69) is 10.3 Å². The van der Waals surface area contributed by atoms with Gasteiger partial charge in [0.1, 0.15) is 0 Å². The SMILES string of the molecule is Cc1[nH]c2ccccc2c1C(=O)NC(C)CCO. The minimum absolute atomic E-state index is 0.0319. The van der Waals surface area contributed by atoms with Crippen molar-refractivity contribution in [2.75, 3.05) is 6.61 Å². The number of aromatic amines is 1. The first kappa shape index (κ1) is 12.6. The van der Waals surface area contributed by atoms with E-state index in [4.69, 9.17) is 5.11 Å². The number of aliphatic hydroxyl groups is 1. The van der Waals surface area contributed by atoms with Crippen LogP contribution in [0.2, 0.25) is 0 Å². The molecule has 2 rings (SSSR count). The van der Waals surface area contributed by atoms with Crippen molar-refractivity contribution in [1.29, 1.82) is 0 Å². The first-order valence-corrected chi connectivity index (χ1v) is 6.12. The molecule has 0 radical (unpaired) electrons. The summed E-state index contributed by atoms with van der Waals surface area (Å²) in [5, 5.41) is 12.7. The number of carbonyl (C=O) groups excluding carboxylic acids is 1. The highest BCUT2D eigenvalue weighted by atomic mass is 16.3. The average molecular weight is 246 g/mol. The Morgan fingerprint density at radius 1 is 1.44 bits per heavy atom. The van der Waals surface area contributed by atoms with Crippen molar-refractivity contribution >= 4 is 16.8 Å². The predicted octanol–water partition coefficient (Wildman–Crippen LogP) is 1.98. The number of benzene rings is 1. The number of aliphatic hydroxyl groups excluding tert-OH is 1. The third-order valence-corrected chi connectivity index (χ3v) is 3.06. The van der Waals surface area contributed by atoms with Crippen molar-refractivity contribution in [1.82, 2.24) is 10.3 Å². The van der Waals surface area contributed by atoms with Crippen LogP contribution in [-0.2, 0) is 0 Å². The Balaban J connectivity index is 2.30. The Hall–Kier alpha value is -1.81. The molecule has 2 aromatic rings. The van der Waals surface area contributed by atoms with Crippen molar-refractivity contribution in [3.05, 3.63) is 35.5 Å². The van der Waals surface area contributed by atoms with Gasteiger partial charge in [-0.05, 0) is 26.3 Å². The molecule has 0 aliphatic heterocycles. The zero-order valence-electron chi connectivity index (χ0n) is 10.7. The number of hydrogen-bond donors (Lipinski definition) is 3. The van der Waals surface area contributed by atoms with Crippen LogP contribution in [0.3, 0.4) is 0 Å². The smallest absolute Gasteiger partial charge is 0.253 e. The number of aryl methyl sites for hydroxylation is 1. The van der Waals surface area contributed by atoms with E-state index in [1.807, 2.05) is 38.1 Å². The van der Waals surface area contributed by atoms with E-state index in [-0.39, 0.29) is 18.6 Å². The number of para-hydroxylation sites is 1. The van der Waals surface area contributed by atoms with Crippen LogP contribution in [0.4, 0.5) is 0 Å². The summed E-state index contributed by atoms with van der Waals surface area (Å²) < 4.78 is 0. The van der Waals surface area contributed by atoms with E-state index < -0.39 is 0 Å². The van der Waals surface area contributed by atoms with E-state index in [0.29, 0.717) is 12.0 Å². The zero-order chi connectivity index (χ0) is 13.1. The summed E-state index contributed by atoms with van der Waals surface area (Å²) in [4.78, 5) is 15.4. The van der Waals surface area contributed by atoms with Crippen LogP contribution in [0.25, 0.3) is 10.9 Å². The lowest BCUT2D eigenvalue weighted by Crippen LogP contribution is -2.33. The van der Waals surface area contributed by atoms with Gasteiger partial charge < -0.3 is 15.4 Å². The first-order chi connectivity index (χ1) is 8.63. The second-order valence-corrected chi connectivity index (χ2v) is 4.56. The van der Waals surface area contributed by atoms with Crippen LogP contribution in [-0.4, -0.2) is 28.6 Å². The molecule has 0 saturated heterocycles. The lowest BCUT2D eigenvalue weighted by molar-refractivity contribution is 0.0935. The van der Waals surface area contributed by atoms with E-state index in [0.717, 1.165) is 16.6 Å². The molecule has 0 saturated carbocycles. The van der Waals surface area contributed by atoms with Gasteiger partial charge in [-0.2, -0.15) is 0 Å². The largest absolute Gasteiger partial charge is 0.396 e. The van der Waals surface area contributed by atoms with E-state index in [9.17, 15) is 4.79 Å². The summed E-state index contributed by atoms with van der Waals surface area (Å²) in [6, 6.07) is 7.72. The summed E-state index contributed by atoms with van der Waals surface area (Å²) in [5.41, 5.74) is 2.52. The quantitative estimate of drug-likeness (QED) is 0.772. The number of carbonyl (C=O) groups is 1. The molecule has 96 valence electrons. The summed E-state index contributed by atoms with van der Waals surface area (Å²) in [6.07, 6.45) is 0.563. The summed E-state index contributed by atoms with van der Waals surface area (Å²) in [5.74, 6) is -0.0918. The Morgan fingerprint density at radius 2 is 2.17 bits per heavy atom. The van der Waals surface area contributed by atoms with Gasteiger partial charge in [-0.1, -0.05) is 18.2 Å². The molecular formula is C14H18N2O2. The molecule has 1 atom stereocenters. The summed E-state index contributed by atoms with van der Waals surface area (Å²) >= 11 is 0. The number of rotatable bonds is 4. The molecule has 0 fully saturated rings. The molecule has 1 aromatic carbocycles. The van der Waals surface area contributed by atoms with Gasteiger partial charge in [0.05, 0.1) is 5.56 Å². The number of H-pyrrole nitrogens is 1. The van der Waals surface area contributed by atoms with Crippen LogP contribution in [0, 0.1) is 6.92 Å². The molecule has 4 nitrogen and oxygen atoms in total. The minimum atomic E-state index is -0.0918. The lowest BCUT2D eigenvalue weighted by atomic mass is 10.1. The molecule has 1 unspecified atom stereocenters. The molecule has 1 heterocycles. The van der Waals surface area contributed by atoms with Gasteiger partial charge in [0.2, 0.25) is 0 Å². The van der Waals surface area contributed by atoms with Gasteiger partial charge >= 0.3 is 0 Å². The van der Waals surface area contributed by atoms with Crippen molar-refractivity contribution < 1.29 is 9.90 Å². The highest BCUT2D eigenvalue weighted by molar-refractivity contribution is 6.08. The number of nitrogens with one attached hydrogen (secondary N) is 2. The molecule has 0 bridgehead atoms. The fourth-order valence-corrected chi connectivity index (χ4v) is 2.13. The molecule has 1 amide bonds. The standard InChI is InChI=1S/C14H18N2O2/c1-9(7-8-17)15-14(18)13-10(2)16-12-6-4-3-5-11(12)13/h3-6,9,16-17H,7-8H2,1-2H3,(H,15,18). The molecule has 4 heteroatoms. The second kappa shape index (κ2) is 5.23. The Kier molecular flexibility index (Phi) is 3.67. The van der Waals surface area contributed by atoms with Gasteiger partial charge in [0, 0.05) is 29.2 Å². The third kappa shape index (κ3) is 2.38. The van der Waals surface area contributed by atoms with E-state index >= 15 is 0 Å². The minimum Gasteiger partial charge on any atom is -0.396 e. The van der Waals surface area contributed by atoms with Gasteiger partial charge in [0.15, 0.2) is 0 Å². The number of hydrogen-bond acceptors (Lipinski definition) is 2. The molecule has 0 spiro atoms. The van der Waals surface area contributed by atoms with Crippen molar-refractivity contribution in [3.63, 3.8) is 0 Å². The second-order valence-electron chi connectivity index (χ2n) is 4.56. The van der Waals surface area contributed by atoms with Crippen LogP contribution >= 0.6 is 0 Å². The van der Waals surface area contributed by atoms with Crippen LogP contribution in [0.1, 0.15) is 29.4 Å². The Morgan fingerprint density at radius 3 is 2.89 bits per heavy atom. The maximum absolute atomic E-state index is 12.2. The van der Waals surface area contributed by atoms with Crippen molar-refractivity contribution in [2.45, 2.75) is 26.3 Å². The van der Waals surface area contributed by atoms with Crippen LogP contribution < -0.4 is 5.32 Å². The highest BCUT2D eigenvalue weighted by Gasteiger charge is 2.16. The molecule has 0 aliphatic carbocycles. The normalized spacial score (nSPS) is 12.6. The van der Waals surface area contributed by atoms with Crippen LogP contribution in [0.15, 0.2) is 24.3 Å². The van der Waals surface area contributed by atoms with E-state index in [1.54, 1.807) is 0 Å². The topological polar surface area (TPSA) is 65.1 Å². The monoisotopic (exact) mass is 246 g/mol. The zero-order valence-corrected chi connectivity index (χ0v) is 10.7. The molecule has 1 aromatic heterocycles. The van der Waals surface area contributed by atoms with Gasteiger partial charge in [0.25, 0.3) is 5.91 Å². The van der Waals surface area contributed by atoms with Crippen molar-refractivity contribution in [2.24, 2.45) is 0 Å². The predicted molar refractivity (Wildman–Crippen MR) is 71.7 cm³/mol. The Labute approximate surface area is 106 Å². The maximum Gasteiger partial charge on any atom is 0.253 e. The Bertz CT molecular complexity index is 560. The maximum atomic E-state index is 12.2. The fourth-order valence-electron chi connectivity index (χ4n) is 2.13. The number of aromatic nitrogens is 1. The molecular weight excluding hydrogens is 228 g/mol. The molecule has 18 heavy (non-hydrogen) atoms. The summed E-state index contributed by atoms with van der Waals surface area (Å²) in [6.45, 7) is 3.86. The third-order valence-electron chi connectivity index (χ3n) is 3.06. The first-order valence-electron chi connectivity index (χ1n) is 6.12. The number of amides is 1. The van der Waals surface area contributed by atoms with Gasteiger partial charge in [-0.25, -0.2) is 0 Å². The molecule has 3 N–H and O–H groups in total. The van der Waals surface area contributed by atoms with E-state index in [1.165, 1.54) is 0 Å². The highest BCUT2D eigenvalue weighted by Crippen LogP contribution is 2.21.